The fourth-order valence-electron chi connectivity index (χ4n) is 3.81. The maximum atomic E-state index is 12.8. The van der Waals surface area contributed by atoms with Crippen LogP contribution in [-0.2, 0) is 14.8 Å². The molecule has 0 aliphatic heterocycles. The van der Waals surface area contributed by atoms with Crippen LogP contribution < -0.4 is 10.0 Å². The second kappa shape index (κ2) is 11.3. The number of fused-ring (bicyclic) bond motifs is 1. The summed E-state index contributed by atoms with van der Waals surface area (Å²) in [6.07, 6.45) is 1.49. The predicted octanol–water partition coefficient (Wildman–Crippen LogP) is 5.95. The number of hydrogen-bond acceptors (Lipinski definition) is 9. The van der Waals surface area contributed by atoms with Gasteiger partial charge in [0.05, 0.1) is 16.0 Å². The molecule has 2 N–H and O–H groups in total. The number of carbonyl (C=O) groups excluding carboxylic acids is 1. The zero-order chi connectivity index (χ0) is 27.6. The Kier molecular flexibility index (Phi) is 7.80. The topological polar surface area (TPSA) is 127 Å². The molecular weight excluding hydrogens is 576 g/mol. The summed E-state index contributed by atoms with van der Waals surface area (Å²) in [5.41, 5.74) is 3.09. The smallest absolute Gasteiger partial charge is 0.263 e. The summed E-state index contributed by atoms with van der Waals surface area (Å²) >= 11 is 8.85. The molecule has 0 spiro atoms. The van der Waals surface area contributed by atoms with Gasteiger partial charge in [0.2, 0.25) is 5.91 Å². The predicted molar refractivity (Wildman–Crippen MR) is 156 cm³/mol. The maximum Gasteiger partial charge on any atom is 0.263 e. The van der Waals surface area contributed by atoms with Gasteiger partial charge in [-0.05, 0) is 55.8 Å². The van der Waals surface area contributed by atoms with Crippen molar-refractivity contribution in [3.05, 3.63) is 82.8 Å². The average molecular weight is 597 g/mol. The number of aryl methyl sites for hydroxylation is 2. The lowest BCUT2D eigenvalue weighted by Gasteiger charge is -2.10. The van der Waals surface area contributed by atoms with E-state index in [9.17, 15) is 13.2 Å². The van der Waals surface area contributed by atoms with Gasteiger partial charge in [-0.3, -0.25) is 9.52 Å². The summed E-state index contributed by atoms with van der Waals surface area (Å²) in [7, 11) is -3.86. The molecule has 3 aromatic heterocycles. The number of nitrogens with one attached hydrogen (secondary N) is 2. The number of sulfonamides is 1. The first-order valence-corrected chi connectivity index (χ1v) is 15.3. The standard InChI is InChI=1S/C26H21ClN6O3S3/c1-15-11-22(31-16(2)30-15)33-39(35,36)20-9-7-19(8-10-20)32-23(34)13-38-26-24-21(12-37-25(24)28-14-29-26)17-3-5-18(27)6-4-17/h3-12,14H,13H2,1-2H3,(H,32,34)(H,30,31,33). The van der Waals surface area contributed by atoms with E-state index in [0.717, 1.165) is 21.3 Å². The highest BCUT2D eigenvalue weighted by molar-refractivity contribution is 8.00. The van der Waals surface area contributed by atoms with Gasteiger partial charge in [-0.15, -0.1) is 11.3 Å². The molecule has 0 fully saturated rings. The first kappa shape index (κ1) is 27.0. The van der Waals surface area contributed by atoms with E-state index in [4.69, 9.17) is 11.6 Å². The monoisotopic (exact) mass is 596 g/mol. The van der Waals surface area contributed by atoms with Crippen LogP contribution in [0.1, 0.15) is 11.5 Å². The van der Waals surface area contributed by atoms with E-state index in [1.165, 1.54) is 53.7 Å². The van der Waals surface area contributed by atoms with Gasteiger partial charge < -0.3 is 5.32 Å². The second-order valence-electron chi connectivity index (χ2n) is 8.42. The van der Waals surface area contributed by atoms with Crippen LogP contribution in [0.15, 0.2) is 76.2 Å². The minimum atomic E-state index is -3.86. The van der Waals surface area contributed by atoms with Crippen LogP contribution in [0.25, 0.3) is 21.3 Å². The number of amides is 1. The summed E-state index contributed by atoms with van der Waals surface area (Å²) in [5.74, 6) is 0.510. The number of anilines is 2. The number of benzene rings is 2. The van der Waals surface area contributed by atoms with Crippen molar-refractivity contribution in [1.82, 2.24) is 19.9 Å². The molecule has 0 aliphatic rings. The van der Waals surface area contributed by atoms with Gasteiger partial charge in [0.1, 0.15) is 27.8 Å². The molecule has 0 atom stereocenters. The van der Waals surface area contributed by atoms with Crippen molar-refractivity contribution in [2.75, 3.05) is 15.8 Å². The zero-order valence-electron chi connectivity index (χ0n) is 20.7. The Morgan fingerprint density at radius 1 is 1.03 bits per heavy atom. The van der Waals surface area contributed by atoms with Crippen LogP contribution in [0.4, 0.5) is 11.5 Å². The summed E-state index contributed by atoms with van der Waals surface area (Å²) in [4.78, 5) is 30.6. The molecule has 198 valence electrons. The van der Waals surface area contributed by atoms with E-state index in [-0.39, 0.29) is 22.4 Å². The number of carbonyl (C=O) groups is 1. The molecule has 13 heteroatoms. The normalized spacial score (nSPS) is 11.5. The first-order valence-electron chi connectivity index (χ1n) is 11.5. The molecular formula is C26H21ClN6O3S3. The number of thiophene rings is 1. The number of aromatic nitrogens is 4. The van der Waals surface area contributed by atoms with Crippen LogP contribution in [0, 0.1) is 13.8 Å². The van der Waals surface area contributed by atoms with E-state index in [0.29, 0.717) is 27.3 Å². The molecule has 5 aromatic rings. The summed E-state index contributed by atoms with van der Waals surface area (Å²) in [6, 6.07) is 15.0. The van der Waals surface area contributed by atoms with Crippen molar-refractivity contribution in [2.45, 2.75) is 23.8 Å². The van der Waals surface area contributed by atoms with Crippen molar-refractivity contribution in [3.8, 4) is 11.1 Å². The molecule has 9 nitrogen and oxygen atoms in total. The number of hydrogen-bond donors (Lipinski definition) is 2. The second-order valence-corrected chi connectivity index (χ2v) is 12.4. The fourth-order valence-corrected chi connectivity index (χ4v) is 6.72. The SMILES string of the molecule is Cc1cc(NS(=O)(=O)c2ccc(NC(=O)CSc3ncnc4scc(-c5ccc(Cl)cc5)c34)cc2)nc(C)n1. The Labute approximate surface area is 238 Å². The van der Waals surface area contributed by atoms with Gasteiger partial charge in [-0.2, -0.15) is 0 Å². The van der Waals surface area contributed by atoms with Crippen LogP contribution in [-0.4, -0.2) is 40.0 Å². The van der Waals surface area contributed by atoms with Gasteiger partial charge >= 0.3 is 0 Å². The molecule has 0 saturated carbocycles. The quantitative estimate of drug-likeness (QED) is 0.166. The number of nitrogens with zero attached hydrogens (tertiary/aromatic N) is 4. The number of thioether (sulfide) groups is 1. The van der Waals surface area contributed by atoms with E-state index in [2.05, 4.69) is 30.0 Å². The van der Waals surface area contributed by atoms with Crippen molar-refractivity contribution in [1.29, 1.82) is 0 Å². The maximum absolute atomic E-state index is 12.8. The molecule has 0 saturated heterocycles. The Morgan fingerprint density at radius 2 is 1.77 bits per heavy atom. The van der Waals surface area contributed by atoms with Crippen LogP contribution in [0.5, 0.6) is 0 Å². The van der Waals surface area contributed by atoms with Gasteiger partial charge in [0.15, 0.2) is 0 Å². The third-order valence-electron chi connectivity index (χ3n) is 5.48. The van der Waals surface area contributed by atoms with Crippen molar-refractivity contribution < 1.29 is 13.2 Å². The zero-order valence-corrected chi connectivity index (χ0v) is 23.9. The Morgan fingerprint density at radius 3 is 2.49 bits per heavy atom. The van der Waals surface area contributed by atoms with E-state index in [1.807, 2.05) is 29.6 Å². The lowest BCUT2D eigenvalue weighted by molar-refractivity contribution is -0.113. The van der Waals surface area contributed by atoms with Crippen molar-refractivity contribution >= 4 is 72.4 Å². The molecule has 0 unspecified atom stereocenters. The minimum Gasteiger partial charge on any atom is -0.325 e. The van der Waals surface area contributed by atoms with Gasteiger partial charge in [0, 0.05) is 33.4 Å². The summed E-state index contributed by atoms with van der Waals surface area (Å²) in [5, 5.41) is 7.05. The van der Waals surface area contributed by atoms with Gasteiger partial charge in [-0.1, -0.05) is 35.5 Å². The molecule has 39 heavy (non-hydrogen) atoms. The van der Waals surface area contributed by atoms with Crippen LogP contribution in [0.3, 0.4) is 0 Å². The van der Waals surface area contributed by atoms with Gasteiger partial charge in [0.25, 0.3) is 10.0 Å². The largest absolute Gasteiger partial charge is 0.325 e. The third kappa shape index (κ3) is 6.36. The lowest BCUT2D eigenvalue weighted by atomic mass is 10.1. The summed E-state index contributed by atoms with van der Waals surface area (Å²) < 4.78 is 28.0. The Balaban J connectivity index is 1.25. The van der Waals surface area contributed by atoms with E-state index < -0.39 is 10.0 Å². The number of halogens is 1. The highest BCUT2D eigenvalue weighted by Gasteiger charge is 2.17. The Hall–Kier alpha value is -3.58. The molecule has 1 amide bonds. The van der Waals surface area contributed by atoms with E-state index >= 15 is 0 Å². The average Bonchev–Trinajstić information content (AvgIpc) is 3.32. The third-order valence-corrected chi connectivity index (χ3v) is 8.98. The van der Waals surface area contributed by atoms with E-state index in [1.54, 1.807) is 19.9 Å². The van der Waals surface area contributed by atoms with Crippen LogP contribution in [0.2, 0.25) is 5.02 Å². The van der Waals surface area contributed by atoms with Crippen molar-refractivity contribution in [2.24, 2.45) is 0 Å². The molecule has 5 rings (SSSR count). The highest BCUT2D eigenvalue weighted by Crippen LogP contribution is 2.38. The Bertz CT molecular complexity index is 1760. The highest BCUT2D eigenvalue weighted by atomic mass is 35.5. The molecule has 2 aromatic carbocycles. The molecule has 0 radical (unpaired) electrons. The minimum absolute atomic E-state index is 0.0411. The summed E-state index contributed by atoms with van der Waals surface area (Å²) in [6.45, 7) is 3.45. The first-order chi connectivity index (χ1) is 18.7. The van der Waals surface area contributed by atoms with Gasteiger partial charge in [-0.25, -0.2) is 28.4 Å². The molecule has 3 heterocycles. The lowest BCUT2D eigenvalue weighted by Crippen LogP contribution is -2.16. The molecule has 0 aliphatic carbocycles. The fraction of sp³-hybridized carbons (Fsp3) is 0.115. The van der Waals surface area contributed by atoms with Crippen molar-refractivity contribution in [3.63, 3.8) is 0 Å². The molecule has 0 bridgehead atoms. The number of rotatable bonds is 8. The van der Waals surface area contributed by atoms with Crippen LogP contribution >= 0.6 is 34.7 Å².